The van der Waals surface area contributed by atoms with Gasteiger partial charge in [0.1, 0.15) is 0 Å². The predicted molar refractivity (Wildman–Crippen MR) is 80.0 cm³/mol. The van der Waals surface area contributed by atoms with Gasteiger partial charge in [0.25, 0.3) is 0 Å². The lowest BCUT2D eigenvalue weighted by molar-refractivity contribution is -0.133. The van der Waals surface area contributed by atoms with Gasteiger partial charge in [-0.25, -0.2) is 0 Å². The second-order valence-corrected chi connectivity index (χ2v) is 6.91. The molecule has 0 spiro atoms. The van der Waals surface area contributed by atoms with Crippen LogP contribution in [0.15, 0.2) is 0 Å². The molecule has 1 saturated heterocycles. The number of likely N-dealkylation sites (N-methyl/N-ethyl adjacent to an activating group) is 1. The lowest BCUT2D eigenvalue weighted by Gasteiger charge is -2.40. The second-order valence-electron chi connectivity index (χ2n) is 5.76. The molecule has 1 aliphatic rings. The fourth-order valence-corrected chi connectivity index (χ4v) is 4.01. The minimum absolute atomic E-state index is 0.0760. The quantitative estimate of drug-likeness (QED) is 0.834. The Bertz CT molecular complexity index is 277. The summed E-state index contributed by atoms with van der Waals surface area (Å²) in [6.07, 6.45) is 1.22. The molecule has 1 fully saturated rings. The monoisotopic (exact) mass is 272 g/mol. The van der Waals surface area contributed by atoms with Crippen LogP contribution in [-0.2, 0) is 4.79 Å². The zero-order valence-electron chi connectivity index (χ0n) is 12.5. The Morgan fingerprint density at radius 1 is 1.44 bits per heavy atom. The maximum absolute atomic E-state index is 12.2. The highest BCUT2D eigenvalue weighted by Crippen LogP contribution is 2.34. The molecule has 106 valence electrons. The molecule has 0 aromatic rings. The number of rotatable bonds is 5. The standard InChI is InChI=1S/C14H28N2OS/c1-6-16(7-2)13(17)11(3)15-12-10-18-9-8-14(12,4)5/h11-12,15H,6-10H2,1-5H3. The largest absolute Gasteiger partial charge is 0.342 e. The van der Waals surface area contributed by atoms with E-state index in [0.29, 0.717) is 11.5 Å². The number of hydrogen-bond acceptors (Lipinski definition) is 3. The lowest BCUT2D eigenvalue weighted by atomic mass is 9.82. The number of carbonyl (C=O) groups is 1. The van der Waals surface area contributed by atoms with E-state index in [9.17, 15) is 4.79 Å². The molecule has 0 bridgehead atoms. The summed E-state index contributed by atoms with van der Waals surface area (Å²) in [5.41, 5.74) is 0.295. The Balaban J connectivity index is 2.57. The first kappa shape index (κ1) is 15.8. The SMILES string of the molecule is CCN(CC)C(=O)C(C)NC1CSCCC1(C)C. The van der Waals surface area contributed by atoms with E-state index < -0.39 is 0 Å². The number of carbonyl (C=O) groups excluding carboxylic acids is 1. The van der Waals surface area contributed by atoms with Crippen molar-refractivity contribution in [2.24, 2.45) is 5.41 Å². The van der Waals surface area contributed by atoms with Crippen molar-refractivity contribution in [1.82, 2.24) is 10.2 Å². The molecule has 0 aromatic heterocycles. The molecule has 1 heterocycles. The fourth-order valence-electron chi connectivity index (χ4n) is 2.39. The van der Waals surface area contributed by atoms with Crippen LogP contribution in [0.25, 0.3) is 0 Å². The molecule has 1 N–H and O–H groups in total. The molecule has 0 saturated carbocycles. The first-order chi connectivity index (χ1) is 8.42. The van der Waals surface area contributed by atoms with Gasteiger partial charge in [0, 0.05) is 24.9 Å². The summed E-state index contributed by atoms with van der Waals surface area (Å²) >= 11 is 1.99. The number of thioether (sulfide) groups is 1. The van der Waals surface area contributed by atoms with Crippen molar-refractivity contribution in [2.45, 2.75) is 53.1 Å². The van der Waals surface area contributed by atoms with Gasteiger partial charge in [0.05, 0.1) is 6.04 Å². The van der Waals surface area contributed by atoms with Crippen LogP contribution in [0.2, 0.25) is 0 Å². The van der Waals surface area contributed by atoms with E-state index in [-0.39, 0.29) is 11.9 Å². The van der Waals surface area contributed by atoms with Crippen LogP contribution in [-0.4, -0.2) is 47.5 Å². The van der Waals surface area contributed by atoms with E-state index >= 15 is 0 Å². The Labute approximate surface area is 116 Å². The Kier molecular flexibility index (Phi) is 5.99. The van der Waals surface area contributed by atoms with Crippen LogP contribution in [0, 0.1) is 5.41 Å². The zero-order valence-corrected chi connectivity index (χ0v) is 13.3. The van der Waals surface area contributed by atoms with E-state index in [1.807, 2.05) is 37.4 Å². The molecule has 3 nitrogen and oxygen atoms in total. The smallest absolute Gasteiger partial charge is 0.239 e. The van der Waals surface area contributed by atoms with Gasteiger partial charge < -0.3 is 10.2 Å². The zero-order chi connectivity index (χ0) is 13.8. The maximum Gasteiger partial charge on any atom is 0.239 e. The van der Waals surface area contributed by atoms with Crippen LogP contribution in [0.3, 0.4) is 0 Å². The van der Waals surface area contributed by atoms with Crippen molar-refractivity contribution in [3.8, 4) is 0 Å². The van der Waals surface area contributed by atoms with Crippen molar-refractivity contribution < 1.29 is 4.79 Å². The molecule has 2 atom stereocenters. The number of amides is 1. The first-order valence-electron chi connectivity index (χ1n) is 7.05. The van der Waals surface area contributed by atoms with Crippen LogP contribution < -0.4 is 5.32 Å². The van der Waals surface area contributed by atoms with Crippen molar-refractivity contribution >= 4 is 17.7 Å². The normalized spacial score (nSPS) is 24.6. The summed E-state index contributed by atoms with van der Waals surface area (Å²) < 4.78 is 0. The third kappa shape index (κ3) is 3.89. The third-order valence-corrected chi connectivity index (χ3v) is 5.08. The van der Waals surface area contributed by atoms with Gasteiger partial charge in [0.15, 0.2) is 0 Å². The summed E-state index contributed by atoms with van der Waals surface area (Å²) in [4.78, 5) is 14.2. The van der Waals surface area contributed by atoms with Crippen molar-refractivity contribution in [3.63, 3.8) is 0 Å². The summed E-state index contributed by atoms with van der Waals surface area (Å²) in [5.74, 6) is 2.58. The average Bonchev–Trinajstić information content (AvgIpc) is 2.33. The minimum Gasteiger partial charge on any atom is -0.342 e. The highest BCUT2D eigenvalue weighted by Gasteiger charge is 2.34. The van der Waals surface area contributed by atoms with Crippen molar-refractivity contribution in [3.05, 3.63) is 0 Å². The Hall–Kier alpha value is -0.220. The molecule has 0 radical (unpaired) electrons. The van der Waals surface area contributed by atoms with E-state index in [2.05, 4.69) is 19.2 Å². The summed E-state index contributed by atoms with van der Waals surface area (Å²) in [6.45, 7) is 12.3. The van der Waals surface area contributed by atoms with Crippen LogP contribution in [0.5, 0.6) is 0 Å². The molecule has 1 amide bonds. The van der Waals surface area contributed by atoms with Crippen LogP contribution in [0.1, 0.15) is 41.0 Å². The fraction of sp³-hybridized carbons (Fsp3) is 0.929. The predicted octanol–water partition coefficient (Wildman–Crippen LogP) is 2.36. The average molecular weight is 272 g/mol. The number of nitrogens with zero attached hydrogens (tertiary/aromatic N) is 1. The van der Waals surface area contributed by atoms with Crippen molar-refractivity contribution in [2.75, 3.05) is 24.6 Å². The highest BCUT2D eigenvalue weighted by molar-refractivity contribution is 7.99. The van der Waals surface area contributed by atoms with Crippen molar-refractivity contribution in [1.29, 1.82) is 0 Å². The minimum atomic E-state index is -0.0760. The van der Waals surface area contributed by atoms with E-state index in [0.717, 1.165) is 18.8 Å². The van der Waals surface area contributed by atoms with E-state index in [4.69, 9.17) is 0 Å². The molecule has 0 aromatic carbocycles. The highest BCUT2D eigenvalue weighted by atomic mass is 32.2. The maximum atomic E-state index is 12.2. The van der Waals surface area contributed by atoms with Gasteiger partial charge in [-0.2, -0.15) is 11.8 Å². The molecule has 0 aliphatic carbocycles. The molecular weight excluding hydrogens is 244 g/mol. The Morgan fingerprint density at radius 2 is 2.06 bits per heavy atom. The van der Waals surface area contributed by atoms with Gasteiger partial charge >= 0.3 is 0 Å². The van der Waals surface area contributed by atoms with Gasteiger partial charge in [-0.15, -0.1) is 0 Å². The van der Waals surface area contributed by atoms with Gasteiger partial charge in [-0.3, -0.25) is 4.79 Å². The molecule has 2 unspecified atom stereocenters. The van der Waals surface area contributed by atoms with Gasteiger partial charge in [-0.05, 0) is 38.4 Å². The molecular formula is C14H28N2OS. The summed E-state index contributed by atoms with van der Waals surface area (Å²) in [6, 6.07) is 0.360. The second kappa shape index (κ2) is 6.80. The third-order valence-electron chi connectivity index (χ3n) is 4.02. The molecule has 18 heavy (non-hydrogen) atoms. The first-order valence-corrected chi connectivity index (χ1v) is 8.20. The van der Waals surface area contributed by atoms with E-state index in [1.165, 1.54) is 12.2 Å². The van der Waals surface area contributed by atoms with Gasteiger partial charge in [0.2, 0.25) is 5.91 Å². The summed E-state index contributed by atoms with van der Waals surface area (Å²) in [7, 11) is 0. The topological polar surface area (TPSA) is 32.3 Å². The van der Waals surface area contributed by atoms with Crippen LogP contribution in [0.4, 0.5) is 0 Å². The number of hydrogen-bond donors (Lipinski definition) is 1. The van der Waals surface area contributed by atoms with Gasteiger partial charge in [-0.1, -0.05) is 13.8 Å². The summed E-state index contributed by atoms with van der Waals surface area (Å²) in [5, 5.41) is 3.55. The molecule has 1 aliphatic heterocycles. The molecule has 4 heteroatoms. The lowest BCUT2D eigenvalue weighted by Crippen LogP contribution is -2.54. The van der Waals surface area contributed by atoms with Crippen LogP contribution >= 0.6 is 11.8 Å². The number of nitrogens with one attached hydrogen (secondary N) is 1. The Morgan fingerprint density at radius 3 is 2.56 bits per heavy atom. The molecule has 1 rings (SSSR count). The van der Waals surface area contributed by atoms with E-state index in [1.54, 1.807) is 0 Å².